The van der Waals surface area contributed by atoms with Gasteiger partial charge in [-0.2, -0.15) is 11.8 Å². The lowest BCUT2D eigenvalue weighted by Crippen LogP contribution is -2.30. The first-order chi connectivity index (χ1) is 10.8. The van der Waals surface area contributed by atoms with E-state index in [1.54, 1.807) is 36.0 Å². The Hall–Kier alpha value is -2.01. The van der Waals surface area contributed by atoms with Crippen molar-refractivity contribution < 1.29 is 13.9 Å². The van der Waals surface area contributed by atoms with Gasteiger partial charge >= 0.3 is 0 Å². The third kappa shape index (κ3) is 5.77. The van der Waals surface area contributed by atoms with E-state index in [9.17, 15) is 9.18 Å². The molecular weight excluding hydrogens is 301 g/mol. The van der Waals surface area contributed by atoms with Gasteiger partial charge in [-0.3, -0.25) is 4.79 Å². The SMILES string of the molecule is O=C(COc1ccccc1)NCCSCc1ccccc1F. The smallest absolute Gasteiger partial charge is 0.257 e. The van der Waals surface area contributed by atoms with Gasteiger partial charge in [0.1, 0.15) is 11.6 Å². The molecule has 0 radical (unpaired) electrons. The lowest BCUT2D eigenvalue weighted by Gasteiger charge is -2.07. The Morgan fingerprint density at radius 3 is 2.59 bits per heavy atom. The highest BCUT2D eigenvalue weighted by molar-refractivity contribution is 7.98. The molecule has 0 unspecified atom stereocenters. The summed E-state index contributed by atoms with van der Waals surface area (Å²) >= 11 is 1.58. The Bertz CT molecular complexity index is 592. The van der Waals surface area contributed by atoms with Gasteiger partial charge in [-0.15, -0.1) is 0 Å². The number of thioether (sulfide) groups is 1. The number of carbonyl (C=O) groups is 1. The van der Waals surface area contributed by atoms with Gasteiger partial charge in [0.15, 0.2) is 6.61 Å². The number of hydrogen-bond acceptors (Lipinski definition) is 3. The summed E-state index contributed by atoms with van der Waals surface area (Å²) in [5.74, 6) is 1.66. The lowest BCUT2D eigenvalue weighted by molar-refractivity contribution is -0.122. The molecule has 22 heavy (non-hydrogen) atoms. The number of para-hydroxylation sites is 1. The van der Waals surface area contributed by atoms with Gasteiger partial charge in [0.05, 0.1) is 0 Å². The number of rotatable bonds is 8. The molecule has 0 bridgehead atoms. The van der Waals surface area contributed by atoms with Crippen molar-refractivity contribution in [3.63, 3.8) is 0 Å². The van der Waals surface area contributed by atoms with Crippen LogP contribution in [0.4, 0.5) is 4.39 Å². The molecule has 0 aliphatic heterocycles. The molecule has 0 aromatic heterocycles. The molecule has 0 spiro atoms. The van der Waals surface area contributed by atoms with Crippen LogP contribution < -0.4 is 10.1 Å². The van der Waals surface area contributed by atoms with Crippen LogP contribution in [0.3, 0.4) is 0 Å². The van der Waals surface area contributed by atoms with E-state index in [4.69, 9.17) is 4.74 Å². The Morgan fingerprint density at radius 2 is 1.82 bits per heavy atom. The summed E-state index contributed by atoms with van der Waals surface area (Å²) in [7, 11) is 0. The molecule has 2 rings (SSSR count). The van der Waals surface area contributed by atoms with E-state index < -0.39 is 0 Å². The summed E-state index contributed by atoms with van der Waals surface area (Å²) < 4.78 is 18.7. The summed E-state index contributed by atoms with van der Waals surface area (Å²) in [4.78, 5) is 11.6. The predicted molar refractivity (Wildman–Crippen MR) is 87.5 cm³/mol. The zero-order valence-corrected chi connectivity index (χ0v) is 12.9. The Kier molecular flexibility index (Phi) is 6.77. The van der Waals surface area contributed by atoms with Crippen molar-refractivity contribution in [1.29, 1.82) is 0 Å². The standard InChI is InChI=1S/C17H18FNO2S/c18-16-9-5-4-6-14(16)13-22-11-10-19-17(20)12-21-15-7-2-1-3-8-15/h1-9H,10-13H2,(H,19,20). The molecule has 0 aliphatic rings. The fraction of sp³-hybridized carbons (Fsp3) is 0.235. The topological polar surface area (TPSA) is 38.3 Å². The third-order valence-corrected chi connectivity index (χ3v) is 3.91. The minimum Gasteiger partial charge on any atom is -0.484 e. The first-order valence-corrected chi connectivity index (χ1v) is 8.17. The molecule has 2 aromatic carbocycles. The molecule has 2 aromatic rings. The summed E-state index contributed by atoms with van der Waals surface area (Å²) in [6, 6.07) is 15.9. The van der Waals surface area contributed by atoms with Crippen molar-refractivity contribution in [3.8, 4) is 5.75 Å². The van der Waals surface area contributed by atoms with Gasteiger partial charge in [-0.1, -0.05) is 36.4 Å². The van der Waals surface area contributed by atoms with Crippen molar-refractivity contribution in [3.05, 3.63) is 66.0 Å². The molecule has 0 fully saturated rings. The van der Waals surface area contributed by atoms with Crippen LogP contribution in [0.15, 0.2) is 54.6 Å². The minimum absolute atomic E-state index is 0.00198. The highest BCUT2D eigenvalue weighted by atomic mass is 32.2. The maximum Gasteiger partial charge on any atom is 0.257 e. The Labute approximate surface area is 133 Å². The zero-order valence-electron chi connectivity index (χ0n) is 12.1. The molecule has 0 saturated carbocycles. The van der Waals surface area contributed by atoms with Crippen LogP contribution in [0.1, 0.15) is 5.56 Å². The minimum atomic E-state index is -0.185. The number of nitrogens with one attached hydrogen (secondary N) is 1. The van der Waals surface area contributed by atoms with Crippen LogP contribution in [-0.2, 0) is 10.5 Å². The van der Waals surface area contributed by atoms with E-state index in [0.717, 1.165) is 5.75 Å². The van der Waals surface area contributed by atoms with Crippen molar-refractivity contribution in [2.75, 3.05) is 18.9 Å². The maximum atomic E-state index is 13.4. The summed E-state index contributed by atoms with van der Waals surface area (Å²) in [5, 5.41) is 2.78. The van der Waals surface area contributed by atoms with Crippen molar-refractivity contribution in [1.82, 2.24) is 5.32 Å². The van der Waals surface area contributed by atoms with Crippen LogP contribution in [-0.4, -0.2) is 24.8 Å². The molecule has 5 heteroatoms. The molecule has 0 heterocycles. The fourth-order valence-corrected chi connectivity index (χ4v) is 2.62. The van der Waals surface area contributed by atoms with Gasteiger partial charge in [0.2, 0.25) is 0 Å². The zero-order chi connectivity index (χ0) is 15.6. The second-order valence-corrected chi connectivity index (χ2v) is 5.70. The summed E-state index contributed by atoms with van der Waals surface area (Å²) in [5.41, 5.74) is 0.686. The monoisotopic (exact) mass is 319 g/mol. The van der Waals surface area contributed by atoms with E-state index in [1.165, 1.54) is 6.07 Å². The second-order valence-electron chi connectivity index (χ2n) is 4.60. The molecule has 0 saturated heterocycles. The lowest BCUT2D eigenvalue weighted by atomic mass is 10.2. The van der Waals surface area contributed by atoms with Crippen LogP contribution in [0.25, 0.3) is 0 Å². The summed E-state index contributed by atoms with van der Waals surface area (Å²) in [6.45, 7) is 0.540. The third-order valence-electron chi connectivity index (χ3n) is 2.90. The highest BCUT2D eigenvalue weighted by Crippen LogP contribution is 2.14. The largest absolute Gasteiger partial charge is 0.484 e. The van der Waals surface area contributed by atoms with Gasteiger partial charge in [0.25, 0.3) is 5.91 Å². The van der Waals surface area contributed by atoms with Crippen LogP contribution in [0.5, 0.6) is 5.75 Å². The quantitative estimate of drug-likeness (QED) is 0.759. The molecule has 3 nitrogen and oxygen atoms in total. The molecule has 0 aliphatic carbocycles. The molecule has 1 N–H and O–H groups in total. The molecule has 1 amide bonds. The first kappa shape index (κ1) is 16.4. The number of halogens is 1. The van der Waals surface area contributed by atoms with Gasteiger partial charge in [-0.05, 0) is 23.8 Å². The maximum absolute atomic E-state index is 13.4. The van der Waals surface area contributed by atoms with E-state index >= 15 is 0 Å². The number of benzene rings is 2. The predicted octanol–water partition coefficient (Wildman–Crippen LogP) is 3.25. The van der Waals surface area contributed by atoms with Crippen LogP contribution in [0, 0.1) is 5.82 Å². The summed E-state index contributed by atoms with van der Waals surface area (Å²) in [6.07, 6.45) is 0. The van der Waals surface area contributed by atoms with Gasteiger partial charge in [-0.25, -0.2) is 4.39 Å². The van der Waals surface area contributed by atoms with E-state index in [2.05, 4.69) is 5.32 Å². The number of hydrogen-bond donors (Lipinski definition) is 1. The van der Waals surface area contributed by atoms with E-state index in [1.807, 2.05) is 24.3 Å². The number of ether oxygens (including phenoxy) is 1. The Morgan fingerprint density at radius 1 is 1.09 bits per heavy atom. The van der Waals surface area contributed by atoms with Gasteiger partial charge < -0.3 is 10.1 Å². The first-order valence-electron chi connectivity index (χ1n) is 7.01. The second kappa shape index (κ2) is 9.10. The average molecular weight is 319 g/mol. The van der Waals surface area contributed by atoms with E-state index in [-0.39, 0.29) is 18.3 Å². The van der Waals surface area contributed by atoms with Crippen molar-refractivity contribution >= 4 is 17.7 Å². The molecular formula is C17H18FNO2S. The Balaban J connectivity index is 1.57. The van der Waals surface area contributed by atoms with E-state index in [0.29, 0.717) is 23.6 Å². The normalized spacial score (nSPS) is 10.2. The number of amides is 1. The molecule has 0 atom stereocenters. The van der Waals surface area contributed by atoms with Crippen molar-refractivity contribution in [2.45, 2.75) is 5.75 Å². The highest BCUT2D eigenvalue weighted by Gasteiger charge is 2.03. The number of carbonyl (C=O) groups excluding carboxylic acids is 1. The average Bonchev–Trinajstić information content (AvgIpc) is 2.55. The molecule has 116 valence electrons. The van der Waals surface area contributed by atoms with Crippen LogP contribution >= 0.6 is 11.8 Å². The van der Waals surface area contributed by atoms with Gasteiger partial charge in [0, 0.05) is 18.1 Å². The van der Waals surface area contributed by atoms with Crippen molar-refractivity contribution in [2.24, 2.45) is 0 Å². The van der Waals surface area contributed by atoms with Crippen LogP contribution in [0.2, 0.25) is 0 Å². The fourth-order valence-electron chi connectivity index (χ4n) is 1.78.